The second-order valence-corrected chi connectivity index (χ2v) is 5.31. The average molecular weight is 252 g/mol. The van der Waals surface area contributed by atoms with Crippen LogP contribution in [-0.2, 0) is 0 Å². The highest BCUT2D eigenvalue weighted by molar-refractivity contribution is 7.12. The van der Waals surface area contributed by atoms with Crippen LogP contribution in [0, 0.1) is 0 Å². The molecular formula is C11H12N2OS2. The highest BCUT2D eigenvalue weighted by atomic mass is 32.1. The fourth-order valence-corrected chi connectivity index (χ4v) is 2.83. The summed E-state index contributed by atoms with van der Waals surface area (Å²) in [7, 11) is 0. The molecule has 0 radical (unpaired) electrons. The standard InChI is InChI=1S/C11H12N2OS2/c1-7(9-3-2-5-15-9)13-11(14)10-8(12)4-6-16-10/h2-7H,12H2,1H3,(H,13,14). The van der Waals surface area contributed by atoms with Gasteiger partial charge in [0.05, 0.1) is 11.7 Å². The summed E-state index contributed by atoms with van der Waals surface area (Å²) in [6.07, 6.45) is 0. The van der Waals surface area contributed by atoms with E-state index in [2.05, 4.69) is 5.32 Å². The average Bonchev–Trinajstić information content (AvgIpc) is 2.86. The molecule has 16 heavy (non-hydrogen) atoms. The maximum absolute atomic E-state index is 11.9. The van der Waals surface area contributed by atoms with Gasteiger partial charge in [0.1, 0.15) is 4.88 Å². The third-order valence-electron chi connectivity index (χ3n) is 2.22. The van der Waals surface area contributed by atoms with E-state index in [-0.39, 0.29) is 11.9 Å². The van der Waals surface area contributed by atoms with Crippen molar-refractivity contribution < 1.29 is 4.79 Å². The molecule has 1 atom stereocenters. The highest BCUT2D eigenvalue weighted by Crippen LogP contribution is 2.22. The lowest BCUT2D eigenvalue weighted by molar-refractivity contribution is 0.0945. The first-order valence-corrected chi connectivity index (χ1v) is 6.61. The molecular weight excluding hydrogens is 240 g/mol. The van der Waals surface area contributed by atoms with Crippen LogP contribution in [0.25, 0.3) is 0 Å². The summed E-state index contributed by atoms with van der Waals surface area (Å²) < 4.78 is 0. The normalized spacial score (nSPS) is 12.3. The largest absolute Gasteiger partial charge is 0.397 e. The highest BCUT2D eigenvalue weighted by Gasteiger charge is 2.15. The van der Waals surface area contributed by atoms with Gasteiger partial charge in [0.25, 0.3) is 5.91 Å². The van der Waals surface area contributed by atoms with Crippen LogP contribution in [0.15, 0.2) is 29.0 Å². The van der Waals surface area contributed by atoms with Gasteiger partial charge in [-0.15, -0.1) is 22.7 Å². The van der Waals surface area contributed by atoms with Gasteiger partial charge < -0.3 is 11.1 Å². The minimum absolute atomic E-state index is 0.0222. The number of nitrogens with two attached hydrogens (primary N) is 1. The van der Waals surface area contributed by atoms with E-state index in [9.17, 15) is 4.79 Å². The quantitative estimate of drug-likeness (QED) is 0.882. The van der Waals surface area contributed by atoms with Crippen LogP contribution in [0.4, 0.5) is 5.69 Å². The van der Waals surface area contributed by atoms with Crippen molar-refractivity contribution in [2.75, 3.05) is 5.73 Å². The van der Waals surface area contributed by atoms with E-state index < -0.39 is 0 Å². The van der Waals surface area contributed by atoms with Crippen LogP contribution in [-0.4, -0.2) is 5.91 Å². The maximum Gasteiger partial charge on any atom is 0.263 e. The van der Waals surface area contributed by atoms with Crippen molar-refractivity contribution in [2.24, 2.45) is 0 Å². The lowest BCUT2D eigenvalue weighted by atomic mass is 10.2. The minimum atomic E-state index is -0.103. The lowest BCUT2D eigenvalue weighted by Gasteiger charge is -2.11. The number of rotatable bonds is 3. The van der Waals surface area contributed by atoms with E-state index in [0.29, 0.717) is 10.6 Å². The van der Waals surface area contributed by atoms with E-state index in [1.165, 1.54) is 11.3 Å². The molecule has 1 amide bonds. The van der Waals surface area contributed by atoms with Crippen molar-refractivity contribution in [3.05, 3.63) is 38.7 Å². The van der Waals surface area contributed by atoms with Crippen molar-refractivity contribution in [3.8, 4) is 0 Å². The van der Waals surface area contributed by atoms with Gasteiger partial charge in [-0.05, 0) is 29.8 Å². The topological polar surface area (TPSA) is 55.1 Å². The van der Waals surface area contributed by atoms with Gasteiger partial charge in [0.2, 0.25) is 0 Å². The Bertz CT molecular complexity index is 476. The number of hydrogen-bond acceptors (Lipinski definition) is 4. The first kappa shape index (κ1) is 11.2. The van der Waals surface area contributed by atoms with Crippen molar-refractivity contribution in [2.45, 2.75) is 13.0 Å². The number of carbonyl (C=O) groups excluding carboxylic acids is 1. The van der Waals surface area contributed by atoms with Gasteiger partial charge in [0, 0.05) is 4.88 Å². The number of anilines is 1. The lowest BCUT2D eigenvalue weighted by Crippen LogP contribution is -2.25. The molecule has 0 aliphatic heterocycles. The molecule has 0 saturated heterocycles. The maximum atomic E-state index is 11.9. The molecule has 0 saturated carbocycles. The molecule has 0 aliphatic rings. The Morgan fingerprint density at radius 3 is 2.75 bits per heavy atom. The molecule has 3 nitrogen and oxygen atoms in total. The molecule has 84 valence electrons. The number of nitrogens with one attached hydrogen (secondary N) is 1. The van der Waals surface area contributed by atoms with Crippen LogP contribution in [0.5, 0.6) is 0 Å². The Labute approximate surface area is 102 Å². The molecule has 0 spiro atoms. The molecule has 2 aromatic rings. The zero-order valence-corrected chi connectivity index (χ0v) is 10.4. The zero-order chi connectivity index (χ0) is 11.5. The van der Waals surface area contributed by atoms with Gasteiger partial charge in [-0.25, -0.2) is 0 Å². The molecule has 2 heterocycles. The monoisotopic (exact) mass is 252 g/mol. The number of hydrogen-bond donors (Lipinski definition) is 2. The zero-order valence-electron chi connectivity index (χ0n) is 8.77. The summed E-state index contributed by atoms with van der Waals surface area (Å²) in [6.45, 7) is 1.97. The fourth-order valence-electron chi connectivity index (χ4n) is 1.37. The molecule has 2 rings (SSSR count). The van der Waals surface area contributed by atoms with Gasteiger partial charge in [-0.3, -0.25) is 4.79 Å². The number of nitrogen functional groups attached to an aromatic ring is 1. The Kier molecular flexibility index (Phi) is 3.26. The Balaban J connectivity index is 2.06. The summed E-state index contributed by atoms with van der Waals surface area (Å²) in [5.41, 5.74) is 6.23. The fraction of sp³-hybridized carbons (Fsp3) is 0.182. The second kappa shape index (κ2) is 4.67. The molecule has 0 bridgehead atoms. The summed E-state index contributed by atoms with van der Waals surface area (Å²) in [5, 5.41) is 6.74. The van der Waals surface area contributed by atoms with E-state index in [4.69, 9.17) is 5.73 Å². The Morgan fingerprint density at radius 2 is 2.19 bits per heavy atom. The molecule has 1 unspecified atom stereocenters. The third kappa shape index (κ3) is 2.25. The van der Waals surface area contributed by atoms with E-state index in [1.54, 1.807) is 17.4 Å². The summed E-state index contributed by atoms with van der Waals surface area (Å²) >= 11 is 3.00. The van der Waals surface area contributed by atoms with Crippen LogP contribution in [0.2, 0.25) is 0 Å². The predicted octanol–water partition coefficient (Wildman–Crippen LogP) is 2.88. The van der Waals surface area contributed by atoms with Crippen LogP contribution >= 0.6 is 22.7 Å². The molecule has 0 fully saturated rings. The summed E-state index contributed by atoms with van der Waals surface area (Å²) in [6, 6.07) is 5.75. The van der Waals surface area contributed by atoms with Crippen LogP contribution in [0.1, 0.15) is 27.5 Å². The first-order valence-electron chi connectivity index (χ1n) is 4.85. The van der Waals surface area contributed by atoms with Crippen molar-refractivity contribution in [1.82, 2.24) is 5.32 Å². The van der Waals surface area contributed by atoms with Gasteiger partial charge in [-0.2, -0.15) is 0 Å². The van der Waals surface area contributed by atoms with Crippen LogP contribution in [0.3, 0.4) is 0 Å². The van der Waals surface area contributed by atoms with Gasteiger partial charge in [0.15, 0.2) is 0 Å². The number of thiophene rings is 2. The molecule has 3 N–H and O–H groups in total. The summed E-state index contributed by atoms with van der Waals surface area (Å²) in [4.78, 5) is 13.6. The van der Waals surface area contributed by atoms with Gasteiger partial charge >= 0.3 is 0 Å². The SMILES string of the molecule is CC(NC(=O)c1sccc1N)c1cccs1. The third-order valence-corrected chi connectivity index (χ3v) is 4.20. The van der Waals surface area contributed by atoms with Gasteiger partial charge in [-0.1, -0.05) is 6.07 Å². The van der Waals surface area contributed by atoms with Crippen molar-refractivity contribution >= 4 is 34.3 Å². The first-order chi connectivity index (χ1) is 7.68. The number of amides is 1. The minimum Gasteiger partial charge on any atom is -0.397 e. The van der Waals surface area contributed by atoms with Crippen molar-refractivity contribution in [3.63, 3.8) is 0 Å². The summed E-state index contributed by atoms with van der Waals surface area (Å²) in [5.74, 6) is -0.103. The number of carbonyl (C=O) groups is 1. The van der Waals surface area contributed by atoms with E-state index in [1.807, 2.05) is 29.8 Å². The molecule has 0 aliphatic carbocycles. The molecule has 5 heteroatoms. The smallest absolute Gasteiger partial charge is 0.263 e. The predicted molar refractivity (Wildman–Crippen MR) is 68.9 cm³/mol. The van der Waals surface area contributed by atoms with Crippen LogP contribution < -0.4 is 11.1 Å². The van der Waals surface area contributed by atoms with Crippen molar-refractivity contribution in [1.29, 1.82) is 0 Å². The molecule has 2 aromatic heterocycles. The Morgan fingerprint density at radius 1 is 1.38 bits per heavy atom. The van der Waals surface area contributed by atoms with E-state index >= 15 is 0 Å². The van der Waals surface area contributed by atoms with E-state index in [0.717, 1.165) is 4.88 Å². The Hall–Kier alpha value is -1.33. The second-order valence-electron chi connectivity index (χ2n) is 3.42. The molecule has 0 aromatic carbocycles.